The zero-order valence-electron chi connectivity index (χ0n) is 17.9. The first kappa shape index (κ1) is 21.4. The largest absolute Gasteiger partial charge is 0.492 e. The Morgan fingerprint density at radius 3 is 2.74 bits per heavy atom. The second-order valence-corrected chi connectivity index (χ2v) is 8.44. The highest BCUT2D eigenvalue weighted by atomic mass is 32.2. The maximum atomic E-state index is 12.9. The van der Waals surface area contributed by atoms with E-state index in [-0.39, 0.29) is 5.91 Å². The quantitative estimate of drug-likeness (QED) is 0.515. The second-order valence-electron chi connectivity index (χ2n) is 7.50. The topological polar surface area (TPSA) is 73.1 Å². The Kier molecular flexibility index (Phi) is 6.86. The predicted octanol–water partition coefficient (Wildman–Crippen LogP) is 4.22. The summed E-state index contributed by atoms with van der Waals surface area (Å²) in [4.78, 5) is 19.0. The van der Waals surface area contributed by atoms with E-state index in [0.717, 1.165) is 36.4 Å². The molecule has 31 heavy (non-hydrogen) atoms. The van der Waals surface area contributed by atoms with Crippen molar-refractivity contribution in [3.63, 3.8) is 0 Å². The highest BCUT2D eigenvalue weighted by molar-refractivity contribution is 7.99. The molecular formula is C23H27N5O2S. The van der Waals surface area contributed by atoms with Crippen molar-refractivity contribution in [2.24, 2.45) is 0 Å². The molecule has 0 aliphatic carbocycles. The van der Waals surface area contributed by atoms with Gasteiger partial charge in [0.1, 0.15) is 5.75 Å². The van der Waals surface area contributed by atoms with E-state index in [9.17, 15) is 4.79 Å². The predicted molar refractivity (Wildman–Crippen MR) is 122 cm³/mol. The number of carbonyl (C=O) groups excluding carboxylic acids is 1. The molecule has 0 spiro atoms. The van der Waals surface area contributed by atoms with E-state index in [4.69, 9.17) is 4.74 Å². The van der Waals surface area contributed by atoms with Crippen molar-refractivity contribution in [1.82, 2.24) is 24.6 Å². The average Bonchev–Trinajstić information content (AvgIpc) is 3.23. The first-order chi connectivity index (χ1) is 15.2. The van der Waals surface area contributed by atoms with Gasteiger partial charge >= 0.3 is 0 Å². The van der Waals surface area contributed by atoms with E-state index < -0.39 is 0 Å². The third-order valence-corrected chi connectivity index (χ3v) is 6.34. The number of amides is 1. The summed E-state index contributed by atoms with van der Waals surface area (Å²) < 4.78 is 7.84. The minimum Gasteiger partial charge on any atom is -0.492 e. The minimum absolute atomic E-state index is 0.148. The molecule has 0 radical (unpaired) electrons. The molecule has 1 unspecified atom stereocenters. The lowest BCUT2D eigenvalue weighted by Crippen LogP contribution is -2.42. The van der Waals surface area contributed by atoms with Gasteiger partial charge in [0, 0.05) is 30.5 Å². The van der Waals surface area contributed by atoms with Gasteiger partial charge in [-0.25, -0.2) is 0 Å². The van der Waals surface area contributed by atoms with Gasteiger partial charge in [0.05, 0.1) is 18.0 Å². The van der Waals surface area contributed by atoms with Gasteiger partial charge in [0.15, 0.2) is 11.0 Å². The number of benzene rings is 1. The zero-order valence-corrected chi connectivity index (χ0v) is 18.7. The van der Waals surface area contributed by atoms with Crippen LogP contribution in [0.3, 0.4) is 0 Å². The molecule has 8 heteroatoms. The third-order valence-electron chi connectivity index (χ3n) is 5.43. The maximum absolute atomic E-state index is 12.9. The zero-order chi connectivity index (χ0) is 21.6. The summed E-state index contributed by atoms with van der Waals surface area (Å²) in [6, 6.07) is 11.9. The number of piperidine rings is 1. The van der Waals surface area contributed by atoms with Crippen LogP contribution in [-0.2, 0) is 4.79 Å². The number of likely N-dealkylation sites (tertiary alicyclic amines) is 1. The van der Waals surface area contributed by atoms with Gasteiger partial charge in [-0.3, -0.25) is 14.3 Å². The lowest BCUT2D eigenvalue weighted by atomic mass is 10.0. The molecule has 3 heterocycles. The fourth-order valence-electron chi connectivity index (χ4n) is 3.87. The van der Waals surface area contributed by atoms with E-state index in [1.165, 1.54) is 18.2 Å². The molecule has 0 N–H and O–H groups in total. The van der Waals surface area contributed by atoms with Crippen LogP contribution < -0.4 is 4.74 Å². The van der Waals surface area contributed by atoms with Gasteiger partial charge in [-0.05, 0) is 57.4 Å². The summed E-state index contributed by atoms with van der Waals surface area (Å²) in [7, 11) is 0. The molecule has 7 nitrogen and oxygen atoms in total. The summed E-state index contributed by atoms with van der Waals surface area (Å²) in [5, 5.41) is 9.55. The first-order valence-corrected chi connectivity index (χ1v) is 11.7. The molecule has 162 valence electrons. The number of aromatic nitrogens is 4. The van der Waals surface area contributed by atoms with Crippen molar-refractivity contribution in [2.75, 3.05) is 18.9 Å². The lowest BCUT2D eigenvalue weighted by molar-refractivity contribution is -0.131. The van der Waals surface area contributed by atoms with E-state index >= 15 is 0 Å². The van der Waals surface area contributed by atoms with E-state index in [0.29, 0.717) is 29.4 Å². The van der Waals surface area contributed by atoms with Gasteiger partial charge in [-0.1, -0.05) is 23.9 Å². The number of rotatable bonds is 7. The van der Waals surface area contributed by atoms with Crippen molar-refractivity contribution in [1.29, 1.82) is 0 Å². The maximum Gasteiger partial charge on any atom is 0.233 e. The highest BCUT2D eigenvalue weighted by Crippen LogP contribution is 2.32. The SMILES string of the molecule is CCOc1ccccc1-n1c(SCC(=O)N2CCCCC2C)nnc1-c1ccncc1. The van der Waals surface area contributed by atoms with Crippen LogP contribution in [0.4, 0.5) is 0 Å². The standard InChI is InChI=1S/C23H27N5O2S/c1-3-30-20-10-5-4-9-19(20)28-22(18-11-13-24-14-12-18)25-26-23(28)31-16-21(29)27-15-7-6-8-17(27)2/h4-5,9-14,17H,3,6-8,15-16H2,1-2H3. The molecule has 1 atom stereocenters. The molecule has 1 saturated heterocycles. The number of ether oxygens (including phenoxy) is 1. The smallest absolute Gasteiger partial charge is 0.233 e. The van der Waals surface area contributed by atoms with Crippen LogP contribution in [0.15, 0.2) is 53.9 Å². The summed E-state index contributed by atoms with van der Waals surface area (Å²) in [6.07, 6.45) is 6.80. The number of hydrogen-bond acceptors (Lipinski definition) is 6. The highest BCUT2D eigenvalue weighted by Gasteiger charge is 2.25. The Balaban J connectivity index is 1.67. The molecule has 1 aliphatic rings. The summed E-state index contributed by atoms with van der Waals surface area (Å²) in [5.41, 5.74) is 1.75. The van der Waals surface area contributed by atoms with Crippen LogP contribution in [0, 0.1) is 0 Å². The Bertz CT molecular complexity index is 1020. The number of hydrogen-bond donors (Lipinski definition) is 0. The molecular weight excluding hydrogens is 410 g/mol. The van der Waals surface area contributed by atoms with Gasteiger partial charge in [-0.15, -0.1) is 10.2 Å². The number of nitrogens with zero attached hydrogens (tertiary/aromatic N) is 5. The fraction of sp³-hybridized carbons (Fsp3) is 0.391. The van der Waals surface area contributed by atoms with E-state index in [1.807, 2.05) is 52.8 Å². The molecule has 1 aromatic carbocycles. The molecule has 4 rings (SSSR count). The van der Waals surface area contributed by atoms with E-state index in [1.54, 1.807) is 12.4 Å². The van der Waals surface area contributed by atoms with Crippen LogP contribution >= 0.6 is 11.8 Å². The van der Waals surface area contributed by atoms with Crippen molar-refractivity contribution in [3.05, 3.63) is 48.8 Å². The Labute approximate surface area is 186 Å². The molecule has 1 amide bonds. The fourth-order valence-corrected chi connectivity index (χ4v) is 4.70. The monoisotopic (exact) mass is 437 g/mol. The van der Waals surface area contributed by atoms with Gasteiger partial charge in [0.25, 0.3) is 0 Å². The first-order valence-electron chi connectivity index (χ1n) is 10.7. The van der Waals surface area contributed by atoms with Crippen LogP contribution in [0.2, 0.25) is 0 Å². The summed E-state index contributed by atoms with van der Waals surface area (Å²) >= 11 is 1.41. The van der Waals surface area contributed by atoms with Crippen molar-refractivity contribution in [3.8, 4) is 22.8 Å². The van der Waals surface area contributed by atoms with Crippen molar-refractivity contribution in [2.45, 2.75) is 44.3 Å². The molecule has 0 bridgehead atoms. The molecule has 0 saturated carbocycles. The lowest BCUT2D eigenvalue weighted by Gasteiger charge is -2.33. The number of pyridine rings is 1. The number of para-hydroxylation sites is 2. The molecule has 1 fully saturated rings. The average molecular weight is 438 g/mol. The van der Waals surface area contributed by atoms with Crippen LogP contribution in [0.25, 0.3) is 17.1 Å². The number of thioether (sulfide) groups is 1. The molecule has 2 aromatic heterocycles. The Hall–Kier alpha value is -2.87. The second kappa shape index (κ2) is 9.96. The van der Waals surface area contributed by atoms with Gasteiger partial charge < -0.3 is 9.64 Å². The van der Waals surface area contributed by atoms with Gasteiger partial charge in [-0.2, -0.15) is 0 Å². The van der Waals surface area contributed by atoms with E-state index in [2.05, 4.69) is 22.1 Å². The molecule has 1 aliphatic heterocycles. The van der Waals surface area contributed by atoms with Crippen molar-refractivity contribution < 1.29 is 9.53 Å². The van der Waals surface area contributed by atoms with Crippen LogP contribution in [-0.4, -0.2) is 55.5 Å². The molecule has 3 aromatic rings. The van der Waals surface area contributed by atoms with Gasteiger partial charge in [0.2, 0.25) is 5.91 Å². The Morgan fingerprint density at radius 1 is 1.16 bits per heavy atom. The minimum atomic E-state index is 0.148. The number of carbonyl (C=O) groups is 1. The normalized spacial score (nSPS) is 16.3. The third kappa shape index (κ3) is 4.74. The summed E-state index contributed by atoms with van der Waals surface area (Å²) in [5.74, 6) is 1.92. The summed E-state index contributed by atoms with van der Waals surface area (Å²) in [6.45, 7) is 5.48. The van der Waals surface area contributed by atoms with Crippen LogP contribution in [0.1, 0.15) is 33.1 Å². The van der Waals surface area contributed by atoms with Crippen molar-refractivity contribution >= 4 is 17.7 Å². The van der Waals surface area contributed by atoms with Crippen LogP contribution in [0.5, 0.6) is 5.75 Å². The Morgan fingerprint density at radius 2 is 1.97 bits per heavy atom.